The van der Waals surface area contributed by atoms with E-state index in [1.54, 1.807) is 13.0 Å². The van der Waals surface area contributed by atoms with Crippen molar-refractivity contribution in [1.82, 2.24) is 5.32 Å². The van der Waals surface area contributed by atoms with E-state index in [1.165, 1.54) is 12.1 Å². The van der Waals surface area contributed by atoms with Crippen LogP contribution in [0.15, 0.2) is 24.3 Å². The maximum absolute atomic E-state index is 12.9. The van der Waals surface area contributed by atoms with Crippen LogP contribution in [0.3, 0.4) is 0 Å². The predicted molar refractivity (Wildman–Crippen MR) is 59.5 cm³/mol. The van der Waals surface area contributed by atoms with E-state index in [9.17, 15) is 9.18 Å². The molecule has 3 nitrogen and oxygen atoms in total. The average Bonchev–Trinajstić information content (AvgIpc) is 2.26. The molecule has 0 saturated carbocycles. The Hall–Kier alpha value is -1.42. The van der Waals surface area contributed by atoms with E-state index >= 15 is 0 Å². The fraction of sp³-hybridized carbons (Fsp3) is 0.417. The second kappa shape index (κ2) is 6.23. The first-order valence-corrected chi connectivity index (χ1v) is 5.28. The van der Waals surface area contributed by atoms with Crippen molar-refractivity contribution >= 4 is 5.97 Å². The largest absolute Gasteiger partial charge is 0.465 e. The topological polar surface area (TPSA) is 38.3 Å². The highest BCUT2D eigenvalue weighted by molar-refractivity contribution is 5.71. The molecule has 0 aliphatic carbocycles. The van der Waals surface area contributed by atoms with Gasteiger partial charge in [-0.25, -0.2) is 4.39 Å². The third kappa shape index (κ3) is 3.98. The number of nitrogens with one attached hydrogen (secondary N) is 1. The van der Waals surface area contributed by atoms with Gasteiger partial charge in [0.05, 0.1) is 13.2 Å². The molecule has 0 heterocycles. The summed E-state index contributed by atoms with van der Waals surface area (Å²) >= 11 is 0. The minimum Gasteiger partial charge on any atom is -0.465 e. The molecular weight excluding hydrogens is 209 g/mol. The lowest BCUT2D eigenvalue weighted by atomic mass is 10.1. The van der Waals surface area contributed by atoms with Crippen molar-refractivity contribution in [3.63, 3.8) is 0 Å². The molecule has 88 valence electrons. The minimum atomic E-state index is -0.300. The smallest absolute Gasteiger partial charge is 0.319 e. The van der Waals surface area contributed by atoms with E-state index < -0.39 is 0 Å². The lowest BCUT2D eigenvalue weighted by molar-refractivity contribution is -0.142. The Balaban J connectivity index is 2.46. The van der Waals surface area contributed by atoms with Crippen molar-refractivity contribution < 1.29 is 13.9 Å². The van der Waals surface area contributed by atoms with Crippen LogP contribution in [0.25, 0.3) is 0 Å². The van der Waals surface area contributed by atoms with Crippen LogP contribution in [0, 0.1) is 5.82 Å². The van der Waals surface area contributed by atoms with Gasteiger partial charge in [0.25, 0.3) is 0 Å². The van der Waals surface area contributed by atoms with Crippen LogP contribution < -0.4 is 5.32 Å². The van der Waals surface area contributed by atoms with Gasteiger partial charge in [-0.3, -0.25) is 4.79 Å². The maximum atomic E-state index is 12.9. The summed E-state index contributed by atoms with van der Waals surface area (Å²) in [7, 11) is 0. The predicted octanol–water partition coefficient (Wildman–Crippen LogP) is 2.04. The minimum absolute atomic E-state index is 0.0832. The number of carbonyl (C=O) groups is 1. The van der Waals surface area contributed by atoms with Gasteiger partial charge < -0.3 is 10.1 Å². The van der Waals surface area contributed by atoms with Crippen molar-refractivity contribution in [2.45, 2.75) is 19.9 Å². The summed E-state index contributed by atoms with van der Waals surface area (Å²) in [5.41, 5.74) is 0.810. The number of rotatable bonds is 5. The molecule has 16 heavy (non-hydrogen) atoms. The van der Waals surface area contributed by atoms with E-state index in [-0.39, 0.29) is 24.4 Å². The van der Waals surface area contributed by atoms with Crippen molar-refractivity contribution in [2.24, 2.45) is 0 Å². The molecule has 0 aliphatic rings. The van der Waals surface area contributed by atoms with Gasteiger partial charge in [0.2, 0.25) is 0 Å². The molecule has 4 heteroatoms. The number of benzene rings is 1. The molecule has 1 unspecified atom stereocenters. The zero-order valence-electron chi connectivity index (χ0n) is 9.50. The standard InChI is InChI=1S/C12H16FNO2/c1-3-16-12(15)8-14-9(2)10-5-4-6-11(13)7-10/h4-7,9,14H,3,8H2,1-2H3. The van der Waals surface area contributed by atoms with Gasteiger partial charge in [-0.05, 0) is 31.5 Å². The van der Waals surface area contributed by atoms with Crippen LogP contribution in [-0.4, -0.2) is 19.1 Å². The van der Waals surface area contributed by atoms with Gasteiger partial charge in [0.1, 0.15) is 5.82 Å². The fourth-order valence-corrected chi connectivity index (χ4v) is 1.34. The first-order valence-electron chi connectivity index (χ1n) is 5.28. The van der Waals surface area contributed by atoms with E-state index in [1.807, 2.05) is 13.0 Å². The van der Waals surface area contributed by atoms with Crippen molar-refractivity contribution in [1.29, 1.82) is 0 Å². The summed E-state index contributed by atoms with van der Waals surface area (Å²) in [6.07, 6.45) is 0. The summed E-state index contributed by atoms with van der Waals surface area (Å²) in [4.78, 5) is 11.1. The zero-order chi connectivity index (χ0) is 12.0. The van der Waals surface area contributed by atoms with Crippen LogP contribution in [0.1, 0.15) is 25.5 Å². The number of esters is 1. The summed E-state index contributed by atoms with van der Waals surface area (Å²) in [5, 5.41) is 2.97. The summed E-state index contributed by atoms with van der Waals surface area (Å²) in [6, 6.07) is 6.21. The quantitative estimate of drug-likeness (QED) is 0.779. The molecule has 0 fully saturated rings. The highest BCUT2D eigenvalue weighted by Crippen LogP contribution is 2.12. The van der Waals surface area contributed by atoms with Crippen LogP contribution in [0.4, 0.5) is 4.39 Å². The lowest BCUT2D eigenvalue weighted by Crippen LogP contribution is -2.27. The first kappa shape index (κ1) is 12.6. The molecule has 0 radical (unpaired) electrons. The van der Waals surface area contributed by atoms with Crippen molar-refractivity contribution in [3.8, 4) is 0 Å². The highest BCUT2D eigenvalue weighted by atomic mass is 19.1. The van der Waals surface area contributed by atoms with Crippen molar-refractivity contribution in [3.05, 3.63) is 35.6 Å². The van der Waals surface area contributed by atoms with Crippen LogP contribution in [0.2, 0.25) is 0 Å². The maximum Gasteiger partial charge on any atom is 0.319 e. The van der Waals surface area contributed by atoms with Gasteiger partial charge >= 0.3 is 5.97 Å². The first-order chi connectivity index (χ1) is 7.63. The number of hydrogen-bond donors (Lipinski definition) is 1. The van der Waals surface area contributed by atoms with Crippen LogP contribution >= 0.6 is 0 Å². The van der Waals surface area contributed by atoms with E-state index in [4.69, 9.17) is 4.74 Å². The summed E-state index contributed by atoms with van der Waals surface area (Å²) in [5.74, 6) is -0.576. The number of ether oxygens (including phenoxy) is 1. The Morgan fingerprint density at radius 2 is 2.31 bits per heavy atom. The van der Waals surface area contributed by atoms with E-state index in [0.29, 0.717) is 6.61 Å². The van der Waals surface area contributed by atoms with Gasteiger partial charge in [-0.15, -0.1) is 0 Å². The zero-order valence-corrected chi connectivity index (χ0v) is 9.50. The molecular formula is C12H16FNO2. The number of hydrogen-bond acceptors (Lipinski definition) is 3. The monoisotopic (exact) mass is 225 g/mol. The van der Waals surface area contributed by atoms with Gasteiger partial charge in [0, 0.05) is 6.04 Å². The van der Waals surface area contributed by atoms with Gasteiger partial charge in [0.15, 0.2) is 0 Å². The molecule has 0 bridgehead atoms. The Morgan fingerprint density at radius 1 is 1.56 bits per heavy atom. The third-order valence-electron chi connectivity index (χ3n) is 2.21. The molecule has 0 saturated heterocycles. The Labute approximate surface area is 94.6 Å². The Bertz CT molecular complexity index is 355. The molecule has 1 rings (SSSR count). The lowest BCUT2D eigenvalue weighted by Gasteiger charge is -2.13. The van der Waals surface area contributed by atoms with Crippen molar-refractivity contribution in [2.75, 3.05) is 13.2 Å². The Morgan fingerprint density at radius 3 is 2.94 bits per heavy atom. The normalized spacial score (nSPS) is 12.2. The molecule has 1 N–H and O–H groups in total. The van der Waals surface area contributed by atoms with Crippen LogP contribution in [-0.2, 0) is 9.53 Å². The van der Waals surface area contributed by atoms with E-state index in [2.05, 4.69) is 5.32 Å². The second-order valence-corrected chi connectivity index (χ2v) is 3.46. The molecule has 0 aromatic heterocycles. The number of carbonyl (C=O) groups excluding carboxylic acids is 1. The SMILES string of the molecule is CCOC(=O)CNC(C)c1cccc(F)c1. The second-order valence-electron chi connectivity index (χ2n) is 3.46. The molecule has 1 atom stereocenters. The van der Waals surface area contributed by atoms with Gasteiger partial charge in [-0.1, -0.05) is 12.1 Å². The summed E-state index contributed by atoms with van der Waals surface area (Å²) in [6.45, 7) is 4.13. The average molecular weight is 225 g/mol. The number of halogens is 1. The summed E-state index contributed by atoms with van der Waals surface area (Å²) < 4.78 is 17.7. The Kier molecular flexibility index (Phi) is 4.92. The molecule has 1 aromatic carbocycles. The van der Waals surface area contributed by atoms with E-state index in [0.717, 1.165) is 5.56 Å². The fourth-order valence-electron chi connectivity index (χ4n) is 1.34. The molecule has 0 aliphatic heterocycles. The third-order valence-corrected chi connectivity index (χ3v) is 2.21. The highest BCUT2D eigenvalue weighted by Gasteiger charge is 2.08. The van der Waals surface area contributed by atoms with Gasteiger partial charge in [-0.2, -0.15) is 0 Å². The molecule has 0 amide bonds. The van der Waals surface area contributed by atoms with Crippen LogP contribution in [0.5, 0.6) is 0 Å². The molecule has 1 aromatic rings. The molecule has 0 spiro atoms.